The van der Waals surface area contributed by atoms with Gasteiger partial charge >= 0.3 is 0 Å². The quantitative estimate of drug-likeness (QED) is 0.715. The van der Waals surface area contributed by atoms with E-state index in [-0.39, 0.29) is 0 Å². The molecule has 0 saturated heterocycles. The van der Waals surface area contributed by atoms with Crippen LogP contribution in [-0.2, 0) is 0 Å². The Hall–Kier alpha value is -0.0400. The average molecular weight is 223 g/mol. The van der Waals surface area contributed by atoms with Crippen molar-refractivity contribution in [2.24, 2.45) is 28.9 Å². The summed E-state index contributed by atoms with van der Waals surface area (Å²) in [5.41, 5.74) is 6.92. The lowest BCUT2D eigenvalue weighted by molar-refractivity contribution is 0.0819. The highest BCUT2D eigenvalue weighted by molar-refractivity contribution is 4.91. The minimum absolute atomic E-state index is 0.489. The van der Waals surface area contributed by atoms with Gasteiger partial charge in [-0.25, -0.2) is 0 Å². The third kappa shape index (κ3) is 2.80. The first-order valence-corrected chi connectivity index (χ1v) is 7.23. The zero-order chi connectivity index (χ0) is 11.8. The molecule has 16 heavy (non-hydrogen) atoms. The first-order valence-electron chi connectivity index (χ1n) is 7.23. The molecule has 2 rings (SSSR count). The molecule has 94 valence electrons. The van der Waals surface area contributed by atoms with Crippen molar-refractivity contribution in [2.75, 3.05) is 0 Å². The molecule has 1 heteroatoms. The summed E-state index contributed by atoms with van der Waals surface area (Å²) in [6.07, 6.45) is 9.71. The van der Waals surface area contributed by atoms with Gasteiger partial charge in [0.15, 0.2) is 0 Å². The van der Waals surface area contributed by atoms with Crippen molar-refractivity contribution in [2.45, 2.75) is 71.8 Å². The molecule has 0 amide bonds. The molecule has 0 aromatic rings. The summed E-state index contributed by atoms with van der Waals surface area (Å²) in [6, 6.07) is 0.489. The van der Waals surface area contributed by atoms with E-state index in [2.05, 4.69) is 20.8 Å². The monoisotopic (exact) mass is 223 g/mol. The summed E-state index contributed by atoms with van der Waals surface area (Å²) in [5.74, 6) is 2.68. The van der Waals surface area contributed by atoms with E-state index in [0.29, 0.717) is 11.5 Å². The molecule has 0 aliphatic heterocycles. The molecular formula is C15H29N. The number of hydrogen-bond acceptors (Lipinski definition) is 1. The van der Waals surface area contributed by atoms with E-state index in [9.17, 15) is 0 Å². The van der Waals surface area contributed by atoms with E-state index in [1.54, 1.807) is 0 Å². The number of nitrogens with two attached hydrogens (primary N) is 1. The zero-order valence-corrected chi connectivity index (χ0v) is 11.3. The van der Waals surface area contributed by atoms with Crippen molar-refractivity contribution in [1.29, 1.82) is 0 Å². The van der Waals surface area contributed by atoms with Gasteiger partial charge < -0.3 is 5.73 Å². The van der Waals surface area contributed by atoms with Gasteiger partial charge in [0.2, 0.25) is 0 Å². The lowest BCUT2D eigenvalue weighted by Crippen LogP contribution is -2.43. The van der Waals surface area contributed by atoms with Crippen molar-refractivity contribution in [3.8, 4) is 0 Å². The Balaban J connectivity index is 2.00. The summed E-state index contributed by atoms with van der Waals surface area (Å²) < 4.78 is 0. The first kappa shape index (κ1) is 12.4. The Bertz CT molecular complexity index is 234. The van der Waals surface area contributed by atoms with Gasteiger partial charge in [-0.3, -0.25) is 0 Å². The molecule has 0 bridgehead atoms. The third-order valence-corrected chi connectivity index (χ3v) is 5.08. The van der Waals surface area contributed by atoms with Gasteiger partial charge in [-0.1, -0.05) is 40.0 Å². The second-order valence-corrected chi connectivity index (χ2v) is 7.27. The van der Waals surface area contributed by atoms with Crippen molar-refractivity contribution < 1.29 is 0 Å². The summed E-state index contributed by atoms with van der Waals surface area (Å²) in [4.78, 5) is 0. The van der Waals surface area contributed by atoms with Crippen LogP contribution in [0.3, 0.4) is 0 Å². The molecule has 2 N–H and O–H groups in total. The van der Waals surface area contributed by atoms with Crippen LogP contribution < -0.4 is 5.73 Å². The molecule has 2 aliphatic rings. The summed E-state index contributed by atoms with van der Waals surface area (Å²) in [6.45, 7) is 7.28. The van der Waals surface area contributed by atoms with Gasteiger partial charge in [0.25, 0.3) is 0 Å². The van der Waals surface area contributed by atoms with Crippen LogP contribution in [-0.4, -0.2) is 6.04 Å². The topological polar surface area (TPSA) is 26.0 Å². The first-order chi connectivity index (χ1) is 7.48. The maximum absolute atomic E-state index is 6.38. The fourth-order valence-corrected chi connectivity index (χ4v) is 4.05. The average Bonchev–Trinajstić information content (AvgIpc) is 2.22. The summed E-state index contributed by atoms with van der Waals surface area (Å²) in [5, 5.41) is 0. The van der Waals surface area contributed by atoms with E-state index in [0.717, 1.165) is 17.8 Å². The molecule has 2 fully saturated rings. The van der Waals surface area contributed by atoms with Gasteiger partial charge in [-0.15, -0.1) is 0 Å². The van der Waals surface area contributed by atoms with Crippen molar-refractivity contribution >= 4 is 0 Å². The standard InChI is InChI=1S/C15H29N/c1-11-5-4-6-12(9-11)13-10-15(2,3)8-7-14(13)16/h11-14H,4-10,16H2,1-3H3. The van der Waals surface area contributed by atoms with Crippen LogP contribution in [0.2, 0.25) is 0 Å². The van der Waals surface area contributed by atoms with Crippen LogP contribution in [0.5, 0.6) is 0 Å². The lowest BCUT2D eigenvalue weighted by Gasteiger charge is -2.45. The van der Waals surface area contributed by atoms with Crippen LogP contribution >= 0.6 is 0 Å². The maximum atomic E-state index is 6.38. The highest BCUT2D eigenvalue weighted by atomic mass is 14.7. The van der Waals surface area contributed by atoms with Crippen LogP contribution in [0.4, 0.5) is 0 Å². The minimum atomic E-state index is 0.489. The second-order valence-electron chi connectivity index (χ2n) is 7.27. The van der Waals surface area contributed by atoms with Crippen LogP contribution in [0.1, 0.15) is 65.7 Å². The van der Waals surface area contributed by atoms with Gasteiger partial charge in [-0.2, -0.15) is 0 Å². The fraction of sp³-hybridized carbons (Fsp3) is 1.00. The molecule has 0 aromatic heterocycles. The molecule has 4 atom stereocenters. The van der Waals surface area contributed by atoms with Gasteiger partial charge in [0, 0.05) is 6.04 Å². The minimum Gasteiger partial charge on any atom is -0.327 e. The predicted octanol–water partition coefficient (Wildman–Crippen LogP) is 3.97. The van der Waals surface area contributed by atoms with Gasteiger partial charge in [0.1, 0.15) is 0 Å². The van der Waals surface area contributed by atoms with Crippen LogP contribution in [0, 0.1) is 23.2 Å². The number of rotatable bonds is 1. The molecule has 0 spiro atoms. The SMILES string of the molecule is CC1CCCC(C2CC(C)(C)CCC2N)C1. The smallest absolute Gasteiger partial charge is 0.00702 e. The molecule has 4 unspecified atom stereocenters. The van der Waals surface area contributed by atoms with E-state index in [4.69, 9.17) is 5.73 Å². The Labute approximate surface area is 101 Å². The maximum Gasteiger partial charge on any atom is 0.00702 e. The fourth-order valence-electron chi connectivity index (χ4n) is 4.05. The van der Waals surface area contributed by atoms with E-state index < -0.39 is 0 Å². The number of hydrogen-bond donors (Lipinski definition) is 1. The Morgan fingerprint density at radius 3 is 2.56 bits per heavy atom. The second kappa shape index (κ2) is 4.68. The molecule has 0 aromatic carbocycles. The molecule has 2 saturated carbocycles. The normalized spacial score (nSPS) is 44.2. The predicted molar refractivity (Wildman–Crippen MR) is 70.2 cm³/mol. The molecule has 2 aliphatic carbocycles. The lowest BCUT2D eigenvalue weighted by atomic mass is 9.62. The van der Waals surface area contributed by atoms with Crippen LogP contribution in [0.25, 0.3) is 0 Å². The van der Waals surface area contributed by atoms with E-state index >= 15 is 0 Å². The molecule has 0 radical (unpaired) electrons. The van der Waals surface area contributed by atoms with Crippen molar-refractivity contribution in [3.05, 3.63) is 0 Å². The summed E-state index contributed by atoms with van der Waals surface area (Å²) in [7, 11) is 0. The molecular weight excluding hydrogens is 194 g/mol. The van der Waals surface area contributed by atoms with Crippen molar-refractivity contribution in [1.82, 2.24) is 0 Å². The third-order valence-electron chi connectivity index (χ3n) is 5.08. The highest BCUT2D eigenvalue weighted by Crippen LogP contribution is 2.45. The Morgan fingerprint density at radius 1 is 1.12 bits per heavy atom. The highest BCUT2D eigenvalue weighted by Gasteiger charge is 2.38. The largest absolute Gasteiger partial charge is 0.327 e. The van der Waals surface area contributed by atoms with Gasteiger partial charge in [-0.05, 0) is 48.9 Å². The van der Waals surface area contributed by atoms with Gasteiger partial charge in [0.05, 0.1) is 0 Å². The summed E-state index contributed by atoms with van der Waals surface area (Å²) >= 11 is 0. The Morgan fingerprint density at radius 2 is 1.88 bits per heavy atom. The van der Waals surface area contributed by atoms with Crippen LogP contribution in [0.15, 0.2) is 0 Å². The van der Waals surface area contributed by atoms with E-state index in [1.807, 2.05) is 0 Å². The zero-order valence-electron chi connectivity index (χ0n) is 11.3. The van der Waals surface area contributed by atoms with Crippen molar-refractivity contribution in [3.63, 3.8) is 0 Å². The molecule has 1 nitrogen and oxygen atoms in total. The Kier molecular flexibility index (Phi) is 3.63. The molecule has 0 heterocycles. The van der Waals surface area contributed by atoms with E-state index in [1.165, 1.54) is 44.9 Å².